The first-order chi connectivity index (χ1) is 9.61. The van der Waals surface area contributed by atoms with E-state index in [0.29, 0.717) is 12.0 Å². The van der Waals surface area contributed by atoms with Crippen molar-refractivity contribution in [1.29, 1.82) is 5.26 Å². The molecule has 0 radical (unpaired) electrons. The molecule has 2 heteroatoms. The minimum absolute atomic E-state index is 0.627. The average molecular weight is 270 g/mol. The first-order valence-electron chi connectivity index (χ1n) is 7.89. The van der Waals surface area contributed by atoms with Gasteiger partial charge in [0.25, 0.3) is 0 Å². The molecule has 2 nitrogen and oxygen atoms in total. The van der Waals surface area contributed by atoms with E-state index in [1.807, 2.05) is 12.1 Å². The topological polar surface area (TPSA) is 27.0 Å². The van der Waals surface area contributed by atoms with Gasteiger partial charge in [0.2, 0.25) is 0 Å². The zero-order valence-corrected chi connectivity index (χ0v) is 13.0. The van der Waals surface area contributed by atoms with Crippen LogP contribution in [-0.4, -0.2) is 12.6 Å². The zero-order chi connectivity index (χ0) is 14.5. The van der Waals surface area contributed by atoms with Gasteiger partial charge in [0.15, 0.2) is 0 Å². The van der Waals surface area contributed by atoms with Gasteiger partial charge in [-0.1, -0.05) is 32.8 Å². The van der Waals surface area contributed by atoms with Crippen molar-refractivity contribution < 1.29 is 0 Å². The van der Waals surface area contributed by atoms with Gasteiger partial charge in [-0.15, -0.1) is 0 Å². The van der Waals surface area contributed by atoms with Crippen LogP contribution in [0, 0.1) is 24.2 Å². The van der Waals surface area contributed by atoms with E-state index in [-0.39, 0.29) is 0 Å². The van der Waals surface area contributed by atoms with Crippen LogP contribution >= 0.6 is 0 Å². The molecule has 2 rings (SSSR count). The molecule has 0 heterocycles. The lowest BCUT2D eigenvalue weighted by Gasteiger charge is -2.33. The maximum absolute atomic E-state index is 9.40. The molecule has 0 saturated heterocycles. The molecule has 0 bridgehead atoms. The van der Waals surface area contributed by atoms with Gasteiger partial charge in [0, 0.05) is 12.6 Å². The van der Waals surface area contributed by atoms with Crippen molar-refractivity contribution in [2.24, 2.45) is 5.92 Å². The van der Waals surface area contributed by atoms with E-state index in [1.165, 1.54) is 37.7 Å². The van der Waals surface area contributed by atoms with Crippen molar-refractivity contribution in [3.05, 3.63) is 29.3 Å². The Morgan fingerprint density at radius 2 is 2.00 bits per heavy atom. The Hall–Kier alpha value is -1.49. The van der Waals surface area contributed by atoms with E-state index in [1.54, 1.807) is 0 Å². The van der Waals surface area contributed by atoms with E-state index in [9.17, 15) is 5.26 Å². The summed E-state index contributed by atoms with van der Waals surface area (Å²) in [5.41, 5.74) is 3.22. The Bertz CT molecular complexity index is 479. The smallest absolute Gasteiger partial charge is 0.101 e. The lowest BCUT2D eigenvalue weighted by atomic mass is 10.0. The van der Waals surface area contributed by atoms with Gasteiger partial charge < -0.3 is 4.90 Å². The van der Waals surface area contributed by atoms with Gasteiger partial charge in [-0.25, -0.2) is 0 Å². The van der Waals surface area contributed by atoms with Crippen LogP contribution in [0.3, 0.4) is 0 Å². The number of hydrogen-bond donors (Lipinski definition) is 0. The molecule has 0 atom stereocenters. The molecule has 1 aliphatic carbocycles. The van der Waals surface area contributed by atoms with Crippen LogP contribution in [-0.2, 0) is 0 Å². The third-order valence-corrected chi connectivity index (χ3v) is 4.30. The molecule has 1 saturated carbocycles. The lowest BCUT2D eigenvalue weighted by Crippen LogP contribution is -2.35. The number of hydrogen-bond acceptors (Lipinski definition) is 2. The highest BCUT2D eigenvalue weighted by molar-refractivity contribution is 5.61. The molecule has 1 aromatic carbocycles. The maximum atomic E-state index is 9.40. The molecule has 108 valence electrons. The van der Waals surface area contributed by atoms with Gasteiger partial charge in [-0.3, -0.25) is 0 Å². The highest BCUT2D eigenvalue weighted by Gasteiger charge is 2.24. The minimum atomic E-state index is 0.627. The standard InChI is InChI=1S/C18H26N2/c1-14(2)10-11-20(17-6-4-5-7-17)18-12-15(3)8-9-16(18)13-19/h8-9,12,14,17H,4-7,10-11H2,1-3H3. The van der Waals surface area contributed by atoms with Crippen molar-refractivity contribution in [3.8, 4) is 6.07 Å². The second kappa shape index (κ2) is 6.79. The van der Waals surface area contributed by atoms with Gasteiger partial charge in [-0.05, 0) is 49.8 Å². The predicted molar refractivity (Wildman–Crippen MR) is 85.0 cm³/mol. The summed E-state index contributed by atoms with van der Waals surface area (Å²) in [5, 5.41) is 9.40. The summed E-state index contributed by atoms with van der Waals surface area (Å²) in [6.45, 7) is 7.73. The average Bonchev–Trinajstić information content (AvgIpc) is 2.93. The van der Waals surface area contributed by atoms with Crippen LogP contribution in [0.4, 0.5) is 5.69 Å². The summed E-state index contributed by atoms with van der Waals surface area (Å²) in [7, 11) is 0. The van der Waals surface area contributed by atoms with Crippen LogP contribution in [0.2, 0.25) is 0 Å². The Kier molecular flexibility index (Phi) is 5.06. The summed E-state index contributed by atoms with van der Waals surface area (Å²) >= 11 is 0. The summed E-state index contributed by atoms with van der Waals surface area (Å²) in [5.74, 6) is 0.703. The molecular formula is C18H26N2. The van der Waals surface area contributed by atoms with Crippen molar-refractivity contribution >= 4 is 5.69 Å². The first-order valence-corrected chi connectivity index (χ1v) is 7.89. The number of nitriles is 1. The van der Waals surface area contributed by atoms with Crippen molar-refractivity contribution in [1.82, 2.24) is 0 Å². The first kappa shape index (κ1) is 14.9. The minimum Gasteiger partial charge on any atom is -0.367 e. The molecule has 1 fully saturated rings. The van der Waals surface area contributed by atoms with E-state index in [0.717, 1.165) is 17.8 Å². The Morgan fingerprint density at radius 3 is 2.60 bits per heavy atom. The molecule has 0 aliphatic heterocycles. The fraction of sp³-hybridized carbons (Fsp3) is 0.611. The van der Waals surface area contributed by atoms with Crippen molar-refractivity contribution in [3.63, 3.8) is 0 Å². The zero-order valence-electron chi connectivity index (χ0n) is 13.0. The monoisotopic (exact) mass is 270 g/mol. The Labute approximate surface area is 123 Å². The fourth-order valence-corrected chi connectivity index (χ4v) is 3.09. The number of aryl methyl sites for hydroxylation is 1. The van der Waals surface area contributed by atoms with E-state index in [4.69, 9.17) is 0 Å². The Morgan fingerprint density at radius 1 is 1.30 bits per heavy atom. The molecule has 0 N–H and O–H groups in total. The molecule has 0 spiro atoms. The molecule has 1 aliphatic rings. The van der Waals surface area contributed by atoms with Crippen LogP contribution in [0.1, 0.15) is 57.1 Å². The Balaban J connectivity index is 2.29. The van der Waals surface area contributed by atoms with Crippen LogP contribution in [0.5, 0.6) is 0 Å². The second-order valence-corrected chi connectivity index (χ2v) is 6.45. The van der Waals surface area contributed by atoms with Crippen LogP contribution in [0.15, 0.2) is 18.2 Å². The van der Waals surface area contributed by atoms with Crippen LogP contribution < -0.4 is 4.90 Å². The summed E-state index contributed by atoms with van der Waals surface area (Å²) in [4.78, 5) is 2.51. The molecule has 20 heavy (non-hydrogen) atoms. The summed E-state index contributed by atoms with van der Waals surface area (Å²) in [6.07, 6.45) is 6.40. The predicted octanol–water partition coefficient (Wildman–Crippen LogP) is 4.66. The third kappa shape index (κ3) is 3.54. The van der Waals surface area contributed by atoms with Crippen LogP contribution in [0.25, 0.3) is 0 Å². The SMILES string of the molecule is Cc1ccc(C#N)c(N(CCC(C)C)C2CCCC2)c1. The van der Waals surface area contributed by atoms with Crippen molar-refractivity contribution in [2.45, 2.75) is 58.9 Å². The van der Waals surface area contributed by atoms with Crippen molar-refractivity contribution in [2.75, 3.05) is 11.4 Å². The largest absolute Gasteiger partial charge is 0.367 e. The van der Waals surface area contributed by atoms with Gasteiger partial charge in [0.05, 0.1) is 11.3 Å². The summed E-state index contributed by atoms with van der Waals surface area (Å²) in [6, 6.07) is 9.21. The van der Waals surface area contributed by atoms with E-state index >= 15 is 0 Å². The molecule has 0 aromatic heterocycles. The molecular weight excluding hydrogens is 244 g/mol. The normalized spacial score (nSPS) is 15.6. The molecule has 0 unspecified atom stereocenters. The lowest BCUT2D eigenvalue weighted by molar-refractivity contribution is 0.528. The van der Waals surface area contributed by atoms with E-state index < -0.39 is 0 Å². The third-order valence-electron chi connectivity index (χ3n) is 4.30. The molecule has 1 aromatic rings. The number of benzene rings is 1. The number of rotatable bonds is 5. The second-order valence-electron chi connectivity index (χ2n) is 6.45. The van der Waals surface area contributed by atoms with E-state index in [2.05, 4.69) is 37.8 Å². The van der Waals surface area contributed by atoms with Gasteiger partial charge >= 0.3 is 0 Å². The van der Waals surface area contributed by atoms with Gasteiger partial charge in [-0.2, -0.15) is 5.26 Å². The quantitative estimate of drug-likeness (QED) is 0.778. The fourth-order valence-electron chi connectivity index (χ4n) is 3.09. The summed E-state index contributed by atoms with van der Waals surface area (Å²) < 4.78 is 0. The molecule has 0 amide bonds. The highest BCUT2D eigenvalue weighted by Crippen LogP contribution is 2.31. The highest BCUT2D eigenvalue weighted by atomic mass is 15.2. The maximum Gasteiger partial charge on any atom is 0.101 e. The number of anilines is 1. The van der Waals surface area contributed by atoms with Gasteiger partial charge in [0.1, 0.15) is 6.07 Å². The number of nitrogens with zero attached hydrogens (tertiary/aromatic N) is 2.